The van der Waals surface area contributed by atoms with Crippen molar-refractivity contribution in [3.8, 4) is 0 Å². The number of nitrogens with one attached hydrogen (secondary N) is 2. The van der Waals surface area contributed by atoms with Crippen molar-refractivity contribution >= 4 is 0 Å². The molecular formula is C12H24N4O. The second kappa shape index (κ2) is 8.98. The summed E-state index contributed by atoms with van der Waals surface area (Å²) in [4.78, 5) is 13.4. The number of H-pyrrole nitrogens is 2. The predicted molar refractivity (Wildman–Crippen MR) is 68.9 cm³/mol. The lowest BCUT2D eigenvalue weighted by Gasteiger charge is -2.00. The van der Waals surface area contributed by atoms with E-state index in [9.17, 15) is 4.79 Å². The summed E-state index contributed by atoms with van der Waals surface area (Å²) in [6.07, 6.45) is 10.8. The average Bonchev–Trinajstić information content (AvgIpc) is 2.73. The van der Waals surface area contributed by atoms with E-state index in [2.05, 4.69) is 15.2 Å². The van der Waals surface area contributed by atoms with E-state index in [1.165, 1.54) is 38.5 Å². The normalized spacial score (nSPS) is 10.9. The molecule has 0 saturated heterocycles. The van der Waals surface area contributed by atoms with Crippen LogP contribution in [0.4, 0.5) is 0 Å². The highest BCUT2D eigenvalue weighted by molar-refractivity contribution is 4.79. The van der Waals surface area contributed by atoms with Gasteiger partial charge in [0.1, 0.15) is 5.82 Å². The minimum absolute atomic E-state index is 0.208. The quantitative estimate of drug-likeness (QED) is 0.544. The first kappa shape index (κ1) is 14.0. The fraction of sp³-hybridized carbons (Fsp3) is 0.833. The van der Waals surface area contributed by atoms with Gasteiger partial charge in [-0.15, -0.1) is 0 Å². The maximum absolute atomic E-state index is 10.8. The molecular weight excluding hydrogens is 216 g/mol. The van der Waals surface area contributed by atoms with Crippen molar-refractivity contribution in [2.24, 2.45) is 5.73 Å². The zero-order valence-electron chi connectivity index (χ0n) is 10.5. The third kappa shape index (κ3) is 6.94. The molecule has 0 aromatic carbocycles. The van der Waals surface area contributed by atoms with Gasteiger partial charge in [-0.1, -0.05) is 38.5 Å². The van der Waals surface area contributed by atoms with E-state index in [1.807, 2.05) is 0 Å². The fourth-order valence-electron chi connectivity index (χ4n) is 1.92. The van der Waals surface area contributed by atoms with E-state index in [0.717, 1.165) is 31.6 Å². The van der Waals surface area contributed by atoms with Gasteiger partial charge in [-0.2, -0.15) is 5.10 Å². The molecule has 0 aliphatic rings. The minimum Gasteiger partial charge on any atom is -0.330 e. The molecule has 5 nitrogen and oxygen atoms in total. The molecule has 17 heavy (non-hydrogen) atoms. The van der Waals surface area contributed by atoms with Crippen molar-refractivity contribution in [3.63, 3.8) is 0 Å². The number of rotatable bonds is 10. The van der Waals surface area contributed by atoms with Crippen LogP contribution in [0.3, 0.4) is 0 Å². The molecule has 0 aliphatic heterocycles. The average molecular weight is 240 g/mol. The van der Waals surface area contributed by atoms with Crippen LogP contribution in [0.25, 0.3) is 0 Å². The standard InChI is InChI=1S/C12H24N4O/c13-10-8-6-4-2-1-3-5-7-9-11-14-12(17)16-15-11/h1-10,13H2,(H2,14,15,16,17). The topological polar surface area (TPSA) is 87.6 Å². The van der Waals surface area contributed by atoms with Crippen LogP contribution in [0.5, 0.6) is 0 Å². The summed E-state index contributed by atoms with van der Waals surface area (Å²) in [5, 5.41) is 6.26. The van der Waals surface area contributed by atoms with Gasteiger partial charge in [-0.25, -0.2) is 9.89 Å². The third-order valence-electron chi connectivity index (χ3n) is 2.92. The molecule has 1 aromatic rings. The zero-order chi connectivity index (χ0) is 12.3. The summed E-state index contributed by atoms with van der Waals surface area (Å²) < 4.78 is 0. The van der Waals surface area contributed by atoms with Crippen molar-refractivity contribution in [1.29, 1.82) is 0 Å². The lowest BCUT2D eigenvalue weighted by molar-refractivity contribution is 0.567. The third-order valence-corrected chi connectivity index (χ3v) is 2.92. The zero-order valence-corrected chi connectivity index (χ0v) is 10.5. The molecule has 4 N–H and O–H groups in total. The van der Waals surface area contributed by atoms with Crippen LogP contribution < -0.4 is 11.4 Å². The highest BCUT2D eigenvalue weighted by Crippen LogP contribution is 2.09. The van der Waals surface area contributed by atoms with Gasteiger partial charge in [0.2, 0.25) is 0 Å². The lowest BCUT2D eigenvalue weighted by Crippen LogP contribution is -2.01. The van der Waals surface area contributed by atoms with Crippen LogP contribution in [-0.4, -0.2) is 21.7 Å². The number of aromatic nitrogens is 3. The van der Waals surface area contributed by atoms with Crippen LogP contribution in [0.1, 0.15) is 57.2 Å². The Morgan fingerprint density at radius 2 is 1.53 bits per heavy atom. The Bertz CT molecular complexity index is 331. The van der Waals surface area contributed by atoms with Crippen LogP contribution in [0, 0.1) is 0 Å². The fourth-order valence-corrected chi connectivity index (χ4v) is 1.92. The van der Waals surface area contributed by atoms with Crippen molar-refractivity contribution in [2.75, 3.05) is 6.54 Å². The Hall–Kier alpha value is -1.10. The number of nitrogens with zero attached hydrogens (tertiary/aromatic N) is 1. The smallest absolute Gasteiger partial charge is 0.330 e. The molecule has 98 valence electrons. The number of hydrogen-bond donors (Lipinski definition) is 3. The van der Waals surface area contributed by atoms with Crippen LogP contribution in [0.2, 0.25) is 0 Å². The summed E-state index contributed by atoms with van der Waals surface area (Å²) in [6, 6.07) is 0. The van der Waals surface area contributed by atoms with E-state index < -0.39 is 0 Å². The molecule has 0 aliphatic carbocycles. The highest BCUT2D eigenvalue weighted by atomic mass is 16.1. The van der Waals surface area contributed by atoms with Crippen molar-refractivity contribution in [2.45, 2.75) is 57.8 Å². The summed E-state index contributed by atoms with van der Waals surface area (Å²) in [6.45, 7) is 0.821. The van der Waals surface area contributed by atoms with Crippen LogP contribution >= 0.6 is 0 Å². The summed E-state index contributed by atoms with van der Waals surface area (Å²) >= 11 is 0. The molecule has 1 rings (SSSR count). The second-order valence-corrected chi connectivity index (χ2v) is 4.49. The van der Waals surface area contributed by atoms with Crippen LogP contribution in [0.15, 0.2) is 4.79 Å². The largest absolute Gasteiger partial charge is 0.340 e. The minimum atomic E-state index is -0.208. The first-order valence-electron chi connectivity index (χ1n) is 6.66. The molecule has 0 unspecified atom stereocenters. The molecule has 1 heterocycles. The molecule has 1 aromatic heterocycles. The monoisotopic (exact) mass is 240 g/mol. The van der Waals surface area contributed by atoms with Gasteiger partial charge >= 0.3 is 5.69 Å². The molecule has 0 radical (unpaired) electrons. The Labute approximate surface area is 102 Å². The first-order chi connectivity index (χ1) is 8.33. The van der Waals surface area contributed by atoms with E-state index in [4.69, 9.17) is 5.73 Å². The van der Waals surface area contributed by atoms with Gasteiger partial charge in [0.15, 0.2) is 0 Å². The second-order valence-electron chi connectivity index (χ2n) is 4.49. The van der Waals surface area contributed by atoms with Gasteiger partial charge in [0.05, 0.1) is 0 Å². The Balaban J connectivity index is 1.86. The van der Waals surface area contributed by atoms with Gasteiger partial charge in [-0.3, -0.25) is 4.98 Å². The molecule has 0 atom stereocenters. The van der Waals surface area contributed by atoms with Crippen LogP contribution in [-0.2, 0) is 6.42 Å². The summed E-state index contributed by atoms with van der Waals surface area (Å²) in [5.41, 5.74) is 5.22. The first-order valence-corrected chi connectivity index (χ1v) is 6.66. The van der Waals surface area contributed by atoms with Gasteiger partial charge in [0, 0.05) is 6.42 Å². The summed E-state index contributed by atoms with van der Waals surface area (Å²) in [5.74, 6) is 0.776. The molecule has 0 saturated carbocycles. The van der Waals surface area contributed by atoms with Gasteiger partial charge in [0.25, 0.3) is 0 Å². The summed E-state index contributed by atoms with van der Waals surface area (Å²) in [7, 11) is 0. The van der Waals surface area contributed by atoms with E-state index in [0.29, 0.717) is 0 Å². The Kier molecular flexibility index (Phi) is 7.38. The molecule has 0 spiro atoms. The number of aryl methyl sites for hydroxylation is 1. The highest BCUT2D eigenvalue weighted by Gasteiger charge is 1.97. The predicted octanol–water partition coefficient (Wildman–Crippen LogP) is 1.72. The van der Waals surface area contributed by atoms with Crippen molar-refractivity contribution < 1.29 is 0 Å². The maximum Gasteiger partial charge on any atom is 0.340 e. The number of unbranched alkanes of at least 4 members (excludes halogenated alkanes) is 7. The van der Waals surface area contributed by atoms with Gasteiger partial charge in [-0.05, 0) is 19.4 Å². The van der Waals surface area contributed by atoms with E-state index >= 15 is 0 Å². The maximum atomic E-state index is 10.8. The Morgan fingerprint density at radius 3 is 2.06 bits per heavy atom. The lowest BCUT2D eigenvalue weighted by atomic mass is 10.1. The number of aromatic amines is 2. The van der Waals surface area contributed by atoms with Crippen molar-refractivity contribution in [1.82, 2.24) is 15.2 Å². The molecule has 0 amide bonds. The SMILES string of the molecule is NCCCCCCCCCCc1n[nH]c(=O)[nH]1. The molecule has 5 heteroatoms. The van der Waals surface area contributed by atoms with E-state index in [1.54, 1.807) is 0 Å². The number of hydrogen-bond acceptors (Lipinski definition) is 3. The molecule has 0 fully saturated rings. The van der Waals surface area contributed by atoms with E-state index in [-0.39, 0.29) is 5.69 Å². The molecule has 0 bridgehead atoms. The van der Waals surface area contributed by atoms with Crippen molar-refractivity contribution in [3.05, 3.63) is 16.3 Å². The number of nitrogens with two attached hydrogens (primary N) is 1. The van der Waals surface area contributed by atoms with Gasteiger partial charge < -0.3 is 5.73 Å². The Morgan fingerprint density at radius 1 is 0.941 bits per heavy atom.